The number of hydrogen-bond acceptors (Lipinski definition) is 2. The van der Waals surface area contributed by atoms with Gasteiger partial charge in [0.2, 0.25) is 0 Å². The molecule has 0 bridgehead atoms. The van der Waals surface area contributed by atoms with E-state index in [-0.39, 0.29) is 12.2 Å². The molecule has 1 aliphatic heterocycles. The first-order valence-electron chi connectivity index (χ1n) is 4.98. The first kappa shape index (κ1) is 12.1. The zero-order chi connectivity index (χ0) is 12.8. The number of hydrogen-bond donors (Lipinski definition) is 1. The quantitative estimate of drug-likeness (QED) is 0.782. The van der Waals surface area contributed by atoms with Gasteiger partial charge < -0.3 is 5.32 Å². The van der Waals surface area contributed by atoms with Crippen molar-refractivity contribution in [1.82, 2.24) is 9.78 Å². The molecule has 2 rings (SSSR count). The molecule has 2 atom stereocenters. The number of nitrogens with one attached hydrogen (secondary N) is 1. The predicted octanol–water partition coefficient (Wildman–Crippen LogP) is 2.83. The summed E-state index contributed by atoms with van der Waals surface area (Å²) in [6.45, 7) is 1.55. The Morgan fingerprint density at radius 3 is 2.59 bits per heavy atom. The summed E-state index contributed by atoms with van der Waals surface area (Å²) in [6.07, 6.45) is -4.71. The van der Waals surface area contributed by atoms with Gasteiger partial charge in [-0.25, -0.2) is 4.68 Å². The lowest BCUT2D eigenvalue weighted by molar-refractivity contribution is -0.301. The number of halogens is 5. The summed E-state index contributed by atoms with van der Waals surface area (Å²) in [6, 6.07) is -1.09. The molecular weight excluding hydrogens is 245 g/mol. The Balaban J connectivity index is 2.41. The molecule has 0 aliphatic carbocycles. The summed E-state index contributed by atoms with van der Waals surface area (Å²) in [5.41, 5.74) is 0. The number of fused-ring (bicyclic) bond motifs is 1. The van der Waals surface area contributed by atoms with E-state index in [4.69, 9.17) is 0 Å². The number of anilines is 1. The molecule has 17 heavy (non-hydrogen) atoms. The fourth-order valence-electron chi connectivity index (χ4n) is 1.91. The van der Waals surface area contributed by atoms with Gasteiger partial charge in [0.1, 0.15) is 11.9 Å². The van der Waals surface area contributed by atoms with Gasteiger partial charge >= 0.3 is 12.1 Å². The van der Waals surface area contributed by atoms with Crippen LogP contribution in [-0.4, -0.2) is 27.9 Å². The second kappa shape index (κ2) is 3.58. The Morgan fingerprint density at radius 1 is 1.35 bits per heavy atom. The van der Waals surface area contributed by atoms with Gasteiger partial charge in [-0.1, -0.05) is 0 Å². The van der Waals surface area contributed by atoms with E-state index in [1.165, 1.54) is 12.3 Å². The minimum Gasteiger partial charge on any atom is -0.368 e. The van der Waals surface area contributed by atoms with Crippen LogP contribution in [0.1, 0.15) is 19.4 Å². The van der Waals surface area contributed by atoms with Crippen molar-refractivity contribution in [2.45, 2.75) is 37.5 Å². The van der Waals surface area contributed by atoms with Gasteiger partial charge in [0.05, 0.1) is 6.20 Å². The first-order valence-corrected chi connectivity index (χ1v) is 4.98. The average Bonchev–Trinajstić information content (AvgIpc) is 2.61. The molecule has 0 radical (unpaired) electrons. The normalized spacial score (nSPS) is 25.3. The van der Waals surface area contributed by atoms with Crippen molar-refractivity contribution in [2.75, 3.05) is 5.32 Å². The number of rotatable bonds is 1. The van der Waals surface area contributed by atoms with Crippen molar-refractivity contribution in [3.8, 4) is 0 Å². The van der Waals surface area contributed by atoms with E-state index in [1.807, 2.05) is 0 Å². The van der Waals surface area contributed by atoms with Crippen LogP contribution in [0.4, 0.5) is 27.8 Å². The SMILES string of the molecule is C[C@H]1C[C@@H](C(F)(F)C(F)(F)F)n2nccc2N1. The summed E-state index contributed by atoms with van der Waals surface area (Å²) < 4.78 is 64.4. The largest absolute Gasteiger partial charge is 0.455 e. The van der Waals surface area contributed by atoms with E-state index in [0.717, 1.165) is 0 Å². The van der Waals surface area contributed by atoms with Crippen LogP contribution >= 0.6 is 0 Å². The summed E-state index contributed by atoms with van der Waals surface area (Å²) in [5.74, 6) is -4.61. The van der Waals surface area contributed by atoms with Gasteiger partial charge in [-0.2, -0.15) is 27.1 Å². The standard InChI is InChI=1S/C9H10F5N3/c1-5-4-6(8(10,11)9(12,13)14)17-7(16-5)2-3-15-17/h2-3,5-6,16H,4H2,1H3/t5-,6-/m0/s1. The molecule has 1 aromatic rings. The summed E-state index contributed by atoms with van der Waals surface area (Å²) in [5, 5.41) is 6.32. The van der Waals surface area contributed by atoms with E-state index in [0.29, 0.717) is 4.68 Å². The molecule has 0 amide bonds. The molecule has 0 fully saturated rings. The third-order valence-electron chi connectivity index (χ3n) is 2.73. The molecule has 2 heterocycles. The lowest BCUT2D eigenvalue weighted by Crippen LogP contribution is -2.48. The van der Waals surface area contributed by atoms with E-state index in [2.05, 4.69) is 10.4 Å². The van der Waals surface area contributed by atoms with Gasteiger partial charge in [0, 0.05) is 12.1 Å². The fraction of sp³-hybridized carbons (Fsp3) is 0.667. The minimum absolute atomic E-state index is 0.178. The molecule has 1 aromatic heterocycles. The maximum Gasteiger partial charge on any atom is 0.455 e. The molecule has 3 nitrogen and oxygen atoms in total. The fourth-order valence-corrected chi connectivity index (χ4v) is 1.91. The van der Waals surface area contributed by atoms with Crippen molar-refractivity contribution in [2.24, 2.45) is 0 Å². The topological polar surface area (TPSA) is 29.9 Å². The molecule has 0 saturated carbocycles. The second-order valence-electron chi connectivity index (χ2n) is 4.08. The molecule has 8 heteroatoms. The molecule has 0 unspecified atom stereocenters. The van der Waals surface area contributed by atoms with Crippen molar-refractivity contribution in [1.29, 1.82) is 0 Å². The lowest BCUT2D eigenvalue weighted by atomic mass is 9.99. The van der Waals surface area contributed by atoms with Crippen LogP contribution < -0.4 is 5.32 Å². The van der Waals surface area contributed by atoms with Gasteiger partial charge in [-0.15, -0.1) is 0 Å². The highest BCUT2D eigenvalue weighted by Crippen LogP contribution is 2.47. The molecular formula is C9H10F5N3. The van der Waals surface area contributed by atoms with Crippen LogP contribution in [0.2, 0.25) is 0 Å². The van der Waals surface area contributed by atoms with Crippen molar-refractivity contribution < 1.29 is 22.0 Å². The number of alkyl halides is 5. The third kappa shape index (κ3) is 1.85. The minimum atomic E-state index is -5.57. The first-order chi connectivity index (χ1) is 7.73. The molecule has 0 saturated heterocycles. The Bertz CT molecular complexity index is 411. The zero-order valence-corrected chi connectivity index (χ0v) is 8.80. The average molecular weight is 255 g/mol. The second-order valence-corrected chi connectivity index (χ2v) is 4.08. The highest BCUT2D eigenvalue weighted by molar-refractivity contribution is 5.38. The Morgan fingerprint density at radius 2 is 2.00 bits per heavy atom. The predicted molar refractivity (Wildman–Crippen MR) is 50.0 cm³/mol. The smallest absolute Gasteiger partial charge is 0.368 e. The van der Waals surface area contributed by atoms with Crippen LogP contribution in [0.5, 0.6) is 0 Å². The Kier molecular flexibility index (Phi) is 2.55. The monoisotopic (exact) mass is 255 g/mol. The van der Waals surface area contributed by atoms with E-state index < -0.39 is 24.2 Å². The Hall–Kier alpha value is -1.34. The van der Waals surface area contributed by atoms with Crippen LogP contribution in [0.3, 0.4) is 0 Å². The molecule has 1 N–H and O–H groups in total. The summed E-state index contributed by atoms with van der Waals surface area (Å²) in [7, 11) is 0. The van der Waals surface area contributed by atoms with Gasteiger partial charge in [-0.3, -0.25) is 0 Å². The van der Waals surface area contributed by atoms with Crippen molar-refractivity contribution in [3.05, 3.63) is 12.3 Å². The number of nitrogens with zero attached hydrogens (tertiary/aromatic N) is 2. The van der Waals surface area contributed by atoms with Crippen LogP contribution in [0, 0.1) is 0 Å². The van der Waals surface area contributed by atoms with Crippen LogP contribution in [-0.2, 0) is 0 Å². The van der Waals surface area contributed by atoms with Crippen molar-refractivity contribution in [3.63, 3.8) is 0 Å². The molecule has 1 aliphatic rings. The summed E-state index contributed by atoms with van der Waals surface area (Å²) >= 11 is 0. The maximum atomic E-state index is 13.3. The lowest BCUT2D eigenvalue weighted by Gasteiger charge is -2.35. The van der Waals surface area contributed by atoms with Crippen LogP contribution in [0.25, 0.3) is 0 Å². The van der Waals surface area contributed by atoms with Crippen LogP contribution in [0.15, 0.2) is 12.3 Å². The Labute approximate surface area is 93.6 Å². The molecule has 0 aromatic carbocycles. The highest BCUT2D eigenvalue weighted by atomic mass is 19.4. The third-order valence-corrected chi connectivity index (χ3v) is 2.73. The van der Waals surface area contributed by atoms with E-state index in [1.54, 1.807) is 6.92 Å². The van der Waals surface area contributed by atoms with Gasteiger partial charge in [0.15, 0.2) is 0 Å². The van der Waals surface area contributed by atoms with E-state index in [9.17, 15) is 22.0 Å². The maximum absolute atomic E-state index is 13.3. The highest BCUT2D eigenvalue weighted by Gasteiger charge is 2.64. The number of aromatic nitrogens is 2. The molecule has 96 valence electrons. The van der Waals surface area contributed by atoms with Crippen molar-refractivity contribution >= 4 is 5.82 Å². The molecule has 0 spiro atoms. The van der Waals surface area contributed by atoms with Gasteiger partial charge in [-0.05, 0) is 13.3 Å². The van der Waals surface area contributed by atoms with E-state index >= 15 is 0 Å². The summed E-state index contributed by atoms with van der Waals surface area (Å²) in [4.78, 5) is 0. The van der Waals surface area contributed by atoms with Gasteiger partial charge in [0.25, 0.3) is 0 Å². The zero-order valence-electron chi connectivity index (χ0n) is 8.80.